The number of aliphatic hydroxyl groups is 1. The van der Waals surface area contributed by atoms with Gasteiger partial charge >= 0.3 is 0 Å². The van der Waals surface area contributed by atoms with E-state index in [0.29, 0.717) is 6.54 Å². The van der Waals surface area contributed by atoms with Crippen molar-refractivity contribution in [3.8, 4) is 0 Å². The Hall–Kier alpha value is -0.950. The topological polar surface area (TPSA) is 83.6 Å². The Bertz CT molecular complexity index is 509. The van der Waals surface area contributed by atoms with E-state index in [9.17, 15) is 8.42 Å². The number of hydrogen-bond donors (Lipinski definition) is 2. The van der Waals surface area contributed by atoms with E-state index in [4.69, 9.17) is 10.8 Å². The van der Waals surface area contributed by atoms with E-state index in [1.807, 2.05) is 12.1 Å². The normalized spacial score (nSPS) is 15.9. The molecule has 3 N–H and O–H groups in total. The van der Waals surface area contributed by atoms with Gasteiger partial charge in [-0.05, 0) is 24.0 Å². The van der Waals surface area contributed by atoms with E-state index >= 15 is 0 Å². The molecule has 19 heavy (non-hydrogen) atoms. The third-order valence-corrected chi connectivity index (χ3v) is 5.13. The number of rotatable bonds is 7. The Morgan fingerprint density at radius 2 is 1.79 bits per heavy atom. The summed E-state index contributed by atoms with van der Waals surface area (Å²) in [5.74, 6) is -0.0195. The molecule has 1 aliphatic carbocycles. The third kappa shape index (κ3) is 3.76. The van der Waals surface area contributed by atoms with E-state index in [-0.39, 0.29) is 24.9 Å². The number of nitrogens with two attached hydrogens (primary N) is 1. The van der Waals surface area contributed by atoms with Crippen LogP contribution in [-0.4, -0.2) is 37.0 Å². The lowest BCUT2D eigenvalue weighted by atomic mass is 10.1. The Balaban J connectivity index is 2.10. The van der Waals surface area contributed by atoms with Crippen LogP contribution < -0.4 is 5.73 Å². The van der Waals surface area contributed by atoms with Gasteiger partial charge < -0.3 is 10.8 Å². The van der Waals surface area contributed by atoms with Gasteiger partial charge in [-0.15, -0.1) is 0 Å². The maximum atomic E-state index is 12.3. The summed E-state index contributed by atoms with van der Waals surface area (Å²) in [5.41, 5.74) is 7.24. The van der Waals surface area contributed by atoms with Crippen molar-refractivity contribution < 1.29 is 13.5 Å². The molecular weight excluding hydrogens is 264 g/mol. The molecule has 1 fully saturated rings. The Labute approximate surface area is 114 Å². The van der Waals surface area contributed by atoms with Gasteiger partial charge in [0.25, 0.3) is 0 Å². The minimum Gasteiger partial charge on any atom is -0.395 e. The van der Waals surface area contributed by atoms with Crippen LogP contribution in [-0.2, 0) is 22.3 Å². The average molecular weight is 284 g/mol. The summed E-state index contributed by atoms with van der Waals surface area (Å²) < 4.78 is 26.1. The lowest BCUT2D eigenvalue weighted by Crippen LogP contribution is -2.36. The van der Waals surface area contributed by atoms with Gasteiger partial charge in [0.2, 0.25) is 10.0 Å². The molecule has 6 heteroatoms. The lowest BCUT2D eigenvalue weighted by molar-refractivity contribution is 0.250. The molecule has 1 aromatic rings. The lowest BCUT2D eigenvalue weighted by Gasteiger charge is -2.20. The zero-order chi connectivity index (χ0) is 13.9. The first kappa shape index (κ1) is 14.5. The van der Waals surface area contributed by atoms with Crippen LogP contribution in [0.4, 0.5) is 0 Å². The van der Waals surface area contributed by atoms with Gasteiger partial charge in [-0.3, -0.25) is 0 Å². The predicted octanol–water partition coefficient (Wildman–Crippen LogP) is 0.432. The summed E-state index contributed by atoms with van der Waals surface area (Å²) in [5, 5.41) is 8.99. The number of aliphatic hydroxyl groups excluding tert-OH is 1. The van der Waals surface area contributed by atoms with Crippen molar-refractivity contribution in [2.45, 2.75) is 31.2 Å². The van der Waals surface area contributed by atoms with Crippen molar-refractivity contribution in [2.75, 3.05) is 13.2 Å². The van der Waals surface area contributed by atoms with Gasteiger partial charge in [-0.2, -0.15) is 4.31 Å². The molecule has 5 nitrogen and oxygen atoms in total. The second kappa shape index (κ2) is 6.00. The van der Waals surface area contributed by atoms with Crippen LogP contribution in [0.25, 0.3) is 0 Å². The summed E-state index contributed by atoms with van der Waals surface area (Å²) in [6.45, 7) is 0.501. The van der Waals surface area contributed by atoms with Crippen LogP contribution in [0, 0.1) is 0 Å². The molecule has 1 aromatic carbocycles. The van der Waals surface area contributed by atoms with E-state index in [2.05, 4.69) is 0 Å². The largest absolute Gasteiger partial charge is 0.395 e. The van der Waals surface area contributed by atoms with E-state index in [1.54, 1.807) is 12.1 Å². The van der Waals surface area contributed by atoms with Crippen molar-refractivity contribution in [1.29, 1.82) is 0 Å². The molecule has 0 aliphatic heterocycles. The fourth-order valence-electron chi connectivity index (χ4n) is 2.07. The molecule has 0 amide bonds. The van der Waals surface area contributed by atoms with Gasteiger partial charge in [-0.25, -0.2) is 8.42 Å². The Morgan fingerprint density at radius 3 is 2.26 bits per heavy atom. The summed E-state index contributed by atoms with van der Waals surface area (Å²) in [6.07, 6.45) is 1.79. The van der Waals surface area contributed by atoms with E-state index in [1.165, 1.54) is 4.31 Å². The van der Waals surface area contributed by atoms with Gasteiger partial charge in [-0.1, -0.05) is 24.3 Å². The highest BCUT2D eigenvalue weighted by atomic mass is 32.2. The van der Waals surface area contributed by atoms with Gasteiger partial charge in [0.05, 0.1) is 12.4 Å². The number of sulfonamides is 1. The molecule has 0 atom stereocenters. The highest BCUT2D eigenvalue weighted by molar-refractivity contribution is 7.88. The van der Waals surface area contributed by atoms with Crippen LogP contribution in [0.3, 0.4) is 0 Å². The third-order valence-electron chi connectivity index (χ3n) is 3.24. The maximum absolute atomic E-state index is 12.3. The number of benzene rings is 1. The molecular formula is C13H20N2O3S. The van der Waals surface area contributed by atoms with Gasteiger partial charge in [0.1, 0.15) is 0 Å². The van der Waals surface area contributed by atoms with Crippen LogP contribution in [0.2, 0.25) is 0 Å². The van der Waals surface area contributed by atoms with Crippen molar-refractivity contribution in [1.82, 2.24) is 4.31 Å². The first-order valence-electron chi connectivity index (χ1n) is 6.45. The minimum atomic E-state index is -3.35. The van der Waals surface area contributed by atoms with Crippen molar-refractivity contribution >= 4 is 10.0 Å². The fourth-order valence-corrected chi connectivity index (χ4v) is 3.88. The van der Waals surface area contributed by atoms with Crippen LogP contribution >= 0.6 is 0 Å². The standard InChI is InChI=1S/C13H20N2O3S/c14-9-11-1-3-12(4-2-11)10-19(17,18)15(7-8-16)13-5-6-13/h1-4,13,16H,5-10,14H2. The quantitative estimate of drug-likeness (QED) is 0.760. The molecule has 0 saturated heterocycles. The monoisotopic (exact) mass is 284 g/mol. The predicted molar refractivity (Wildman–Crippen MR) is 73.8 cm³/mol. The van der Waals surface area contributed by atoms with Crippen LogP contribution in [0.5, 0.6) is 0 Å². The first-order valence-corrected chi connectivity index (χ1v) is 8.06. The summed E-state index contributed by atoms with van der Waals surface area (Å²) in [7, 11) is -3.35. The molecule has 106 valence electrons. The van der Waals surface area contributed by atoms with E-state index < -0.39 is 10.0 Å². The summed E-state index contributed by atoms with van der Waals surface area (Å²) in [4.78, 5) is 0. The molecule has 2 rings (SSSR count). The smallest absolute Gasteiger partial charge is 0.218 e. The maximum Gasteiger partial charge on any atom is 0.218 e. The summed E-state index contributed by atoms with van der Waals surface area (Å²) in [6, 6.07) is 7.37. The average Bonchev–Trinajstić information content (AvgIpc) is 3.20. The zero-order valence-corrected chi connectivity index (χ0v) is 11.6. The molecule has 0 heterocycles. The van der Waals surface area contributed by atoms with Crippen LogP contribution in [0.1, 0.15) is 24.0 Å². The molecule has 0 radical (unpaired) electrons. The Kier molecular flexibility index (Phi) is 4.57. The van der Waals surface area contributed by atoms with Crippen molar-refractivity contribution in [2.24, 2.45) is 5.73 Å². The highest BCUT2D eigenvalue weighted by Crippen LogP contribution is 2.30. The highest BCUT2D eigenvalue weighted by Gasteiger charge is 2.36. The molecule has 1 aliphatic rings. The number of hydrogen-bond acceptors (Lipinski definition) is 4. The van der Waals surface area contributed by atoms with Crippen molar-refractivity contribution in [3.63, 3.8) is 0 Å². The molecule has 0 bridgehead atoms. The van der Waals surface area contributed by atoms with E-state index in [0.717, 1.165) is 24.0 Å². The van der Waals surface area contributed by atoms with Crippen LogP contribution in [0.15, 0.2) is 24.3 Å². The molecule has 0 aromatic heterocycles. The number of nitrogens with zero attached hydrogens (tertiary/aromatic N) is 1. The van der Waals surface area contributed by atoms with Gasteiger partial charge in [0.15, 0.2) is 0 Å². The van der Waals surface area contributed by atoms with Gasteiger partial charge in [0, 0.05) is 19.1 Å². The fraction of sp³-hybridized carbons (Fsp3) is 0.538. The Morgan fingerprint density at radius 1 is 1.21 bits per heavy atom. The SMILES string of the molecule is NCc1ccc(CS(=O)(=O)N(CCO)C2CC2)cc1. The first-order chi connectivity index (χ1) is 9.06. The minimum absolute atomic E-state index is 0.0195. The van der Waals surface area contributed by atoms with Crippen molar-refractivity contribution in [3.05, 3.63) is 35.4 Å². The summed E-state index contributed by atoms with van der Waals surface area (Å²) >= 11 is 0. The molecule has 0 unspecified atom stereocenters. The molecule has 1 saturated carbocycles. The second-order valence-corrected chi connectivity index (χ2v) is 6.76. The molecule has 0 spiro atoms. The zero-order valence-electron chi connectivity index (χ0n) is 10.8. The second-order valence-electron chi connectivity index (χ2n) is 4.84.